The fraction of sp³-hybridized carbons (Fsp3) is 0.308. The Morgan fingerprint density at radius 1 is 1.05 bits per heavy atom. The van der Waals surface area contributed by atoms with Crippen molar-refractivity contribution in [1.82, 2.24) is 0 Å². The smallest absolute Gasteiger partial charge is 0.339 e. The number of fused-ring (bicyclic) bond motifs is 5. The Bertz CT molecular complexity index is 1470. The molecule has 39 heavy (non-hydrogen) atoms. The van der Waals surface area contributed by atoms with Gasteiger partial charge in [-0.3, -0.25) is 4.79 Å². The summed E-state index contributed by atoms with van der Waals surface area (Å²) in [6, 6.07) is 10.4. The number of methoxy groups -OCH3 is 2. The van der Waals surface area contributed by atoms with Gasteiger partial charge < -0.3 is 44.5 Å². The third kappa shape index (κ3) is 5.09. The van der Waals surface area contributed by atoms with Crippen LogP contribution in [0.3, 0.4) is 0 Å². The van der Waals surface area contributed by atoms with E-state index >= 15 is 0 Å². The highest BCUT2D eigenvalue weighted by Gasteiger charge is 2.49. The molecular formula is C26H26NO12+. The minimum Gasteiger partial charge on any atom is -0.493 e. The summed E-state index contributed by atoms with van der Waals surface area (Å²) >= 11 is 0. The summed E-state index contributed by atoms with van der Waals surface area (Å²) in [6.45, 7) is 1.21. The van der Waals surface area contributed by atoms with Crippen LogP contribution in [0.4, 0.5) is 0 Å². The van der Waals surface area contributed by atoms with Crippen molar-refractivity contribution in [3.63, 3.8) is 0 Å². The summed E-state index contributed by atoms with van der Waals surface area (Å²) in [5, 5.41) is 44.8. The number of nitrogens with zero attached hydrogens (tertiary/aromatic N) is 1. The molecule has 0 radical (unpaired) electrons. The monoisotopic (exact) mass is 544 g/mol. The van der Waals surface area contributed by atoms with Crippen molar-refractivity contribution >= 4 is 28.7 Å². The van der Waals surface area contributed by atoms with Crippen molar-refractivity contribution in [2.45, 2.75) is 31.1 Å². The first-order valence-corrected chi connectivity index (χ1v) is 11.6. The van der Waals surface area contributed by atoms with Gasteiger partial charge in [-0.25, -0.2) is 9.59 Å². The predicted molar refractivity (Wildman–Crippen MR) is 131 cm³/mol. The summed E-state index contributed by atoms with van der Waals surface area (Å²) in [7, 11) is 3.34. The number of pyridine rings is 1. The van der Waals surface area contributed by atoms with E-state index < -0.39 is 36.0 Å². The molecule has 13 heteroatoms. The van der Waals surface area contributed by atoms with E-state index in [0.717, 1.165) is 46.7 Å². The molecule has 0 bridgehead atoms. The van der Waals surface area contributed by atoms with E-state index in [1.165, 1.54) is 16.8 Å². The van der Waals surface area contributed by atoms with Gasteiger partial charge in [-0.2, -0.15) is 4.57 Å². The molecule has 0 fully saturated rings. The second kappa shape index (κ2) is 10.6. The molecule has 2 aromatic carbocycles. The van der Waals surface area contributed by atoms with Gasteiger partial charge in [-0.15, -0.1) is 0 Å². The maximum Gasteiger partial charge on any atom is 0.339 e. The molecule has 2 atom stereocenters. The van der Waals surface area contributed by atoms with Crippen molar-refractivity contribution < 1.29 is 63.4 Å². The number of aryl methyl sites for hydroxylation is 2. The van der Waals surface area contributed by atoms with Crippen LogP contribution in [0.5, 0.6) is 23.0 Å². The normalized spacial score (nSPS) is 15.1. The molecule has 13 nitrogen and oxygen atoms in total. The second-order valence-electron chi connectivity index (χ2n) is 8.81. The minimum atomic E-state index is -3.22. The SMILES string of the molecule is COc1ccc2cc3[n+](cc2c1OC)CCc1cc2c(cc1-3)OCO2.O=C(O)CC(O)(C(=O)O)C(O)C(=O)O. The summed E-state index contributed by atoms with van der Waals surface area (Å²) in [4.78, 5) is 30.7. The number of aliphatic hydroxyl groups is 2. The van der Waals surface area contributed by atoms with Crippen LogP contribution in [0, 0.1) is 0 Å². The molecule has 0 aliphatic carbocycles. The first kappa shape index (κ1) is 27.4. The van der Waals surface area contributed by atoms with E-state index in [9.17, 15) is 14.4 Å². The number of carboxylic acid groups (broad SMARTS) is 3. The lowest BCUT2D eigenvalue weighted by Gasteiger charge is -2.23. The number of carboxylic acids is 3. The number of aliphatic hydroxyl groups excluding tert-OH is 1. The quantitative estimate of drug-likeness (QED) is 0.263. The molecule has 1 aromatic heterocycles. The topological polar surface area (TPSA) is 193 Å². The minimum absolute atomic E-state index is 0.299. The van der Waals surface area contributed by atoms with Gasteiger partial charge in [0.05, 0.1) is 31.6 Å². The first-order valence-electron chi connectivity index (χ1n) is 11.6. The second-order valence-corrected chi connectivity index (χ2v) is 8.81. The molecule has 3 aromatic rings. The number of aliphatic carboxylic acids is 3. The third-order valence-electron chi connectivity index (χ3n) is 6.48. The van der Waals surface area contributed by atoms with Gasteiger partial charge in [0, 0.05) is 12.5 Å². The zero-order chi connectivity index (χ0) is 28.5. The molecule has 0 saturated carbocycles. The average molecular weight is 544 g/mol. The molecule has 0 saturated heterocycles. The lowest BCUT2D eigenvalue weighted by atomic mass is 9.93. The van der Waals surface area contributed by atoms with Crippen molar-refractivity contribution in [2.24, 2.45) is 0 Å². The van der Waals surface area contributed by atoms with Gasteiger partial charge in [0.2, 0.25) is 18.1 Å². The molecular weight excluding hydrogens is 518 g/mol. The van der Waals surface area contributed by atoms with Gasteiger partial charge in [0.1, 0.15) is 0 Å². The highest BCUT2D eigenvalue weighted by atomic mass is 16.7. The van der Waals surface area contributed by atoms with Crippen LogP contribution in [0.1, 0.15) is 12.0 Å². The summed E-state index contributed by atoms with van der Waals surface area (Å²) in [6.07, 6.45) is -0.993. The number of benzene rings is 2. The zero-order valence-electron chi connectivity index (χ0n) is 20.9. The predicted octanol–water partition coefficient (Wildman–Crippen LogP) is 0.819. The Morgan fingerprint density at radius 2 is 1.74 bits per heavy atom. The lowest BCUT2D eigenvalue weighted by Crippen LogP contribution is -2.54. The van der Waals surface area contributed by atoms with Crippen LogP contribution < -0.4 is 23.5 Å². The Balaban J connectivity index is 0.000000218. The van der Waals surface area contributed by atoms with Gasteiger partial charge in [-0.05, 0) is 35.2 Å². The maximum atomic E-state index is 10.4. The Kier molecular flexibility index (Phi) is 7.47. The van der Waals surface area contributed by atoms with Crippen LogP contribution >= 0.6 is 0 Å². The Morgan fingerprint density at radius 3 is 2.33 bits per heavy atom. The molecule has 0 spiro atoms. The average Bonchev–Trinajstić information content (AvgIpc) is 3.36. The number of hydrogen-bond acceptors (Lipinski definition) is 9. The molecule has 3 heterocycles. The molecule has 206 valence electrons. The standard InChI is InChI=1S/C20H18NO4.C6H8O8/c1-22-17-4-3-12-7-16-14-9-19-18(24-11-25-19)8-13(14)5-6-21(16)10-15(12)20(17)23-2;7-2(8)1-6(14,5(12)13)3(9)4(10)11/h3-4,7-10H,5-6,11H2,1-2H3;3,9,14H,1H2,(H,7,8)(H,10,11)(H,12,13)/q+1;. The number of hydrogen-bond donors (Lipinski definition) is 5. The van der Waals surface area contributed by atoms with E-state index in [1.807, 2.05) is 6.07 Å². The summed E-state index contributed by atoms with van der Waals surface area (Å²) in [5.41, 5.74) is 0.452. The number of rotatable bonds is 7. The van der Waals surface area contributed by atoms with E-state index in [-0.39, 0.29) is 0 Å². The largest absolute Gasteiger partial charge is 0.493 e. The number of aromatic nitrogens is 1. The highest BCUT2D eigenvalue weighted by molar-refractivity contribution is 5.92. The van der Waals surface area contributed by atoms with Crippen LogP contribution in [0.15, 0.2) is 36.5 Å². The van der Waals surface area contributed by atoms with Crippen molar-refractivity contribution in [3.8, 4) is 34.3 Å². The third-order valence-corrected chi connectivity index (χ3v) is 6.48. The van der Waals surface area contributed by atoms with E-state index in [4.69, 9.17) is 44.5 Å². The van der Waals surface area contributed by atoms with Crippen LogP contribution in [0.25, 0.3) is 22.0 Å². The zero-order valence-corrected chi connectivity index (χ0v) is 20.9. The lowest BCUT2D eigenvalue weighted by molar-refractivity contribution is -0.686. The maximum absolute atomic E-state index is 10.4. The van der Waals surface area contributed by atoms with Crippen LogP contribution in [-0.4, -0.2) is 76.2 Å². The van der Waals surface area contributed by atoms with Crippen LogP contribution in [0.2, 0.25) is 0 Å². The molecule has 2 aliphatic heterocycles. The van der Waals surface area contributed by atoms with Gasteiger partial charge in [-0.1, -0.05) is 0 Å². The summed E-state index contributed by atoms with van der Waals surface area (Å²) < 4.78 is 24.4. The number of carbonyl (C=O) groups is 3. The molecule has 5 rings (SSSR count). The number of ether oxygens (including phenoxy) is 4. The highest BCUT2D eigenvalue weighted by Crippen LogP contribution is 2.41. The van der Waals surface area contributed by atoms with Gasteiger partial charge in [0.25, 0.3) is 0 Å². The van der Waals surface area contributed by atoms with Gasteiger partial charge in [0.15, 0.2) is 41.8 Å². The fourth-order valence-electron chi connectivity index (χ4n) is 4.49. The summed E-state index contributed by atoms with van der Waals surface area (Å²) in [5.74, 6) is -2.69. The van der Waals surface area contributed by atoms with E-state index in [0.29, 0.717) is 6.79 Å². The van der Waals surface area contributed by atoms with E-state index in [1.54, 1.807) is 14.2 Å². The first-order chi connectivity index (χ1) is 18.5. The molecule has 2 unspecified atom stereocenters. The Labute approximate surface area is 221 Å². The van der Waals surface area contributed by atoms with Crippen molar-refractivity contribution in [1.29, 1.82) is 0 Å². The fourth-order valence-corrected chi connectivity index (χ4v) is 4.49. The molecule has 5 N–H and O–H groups in total. The molecule has 2 aliphatic rings. The Hall–Kier alpha value is -4.62. The molecule has 0 amide bonds. The van der Waals surface area contributed by atoms with Crippen molar-refractivity contribution in [2.75, 3.05) is 21.0 Å². The van der Waals surface area contributed by atoms with Crippen LogP contribution in [-0.2, 0) is 27.3 Å². The van der Waals surface area contributed by atoms with Gasteiger partial charge >= 0.3 is 17.9 Å². The van der Waals surface area contributed by atoms with Crippen molar-refractivity contribution in [3.05, 3.63) is 42.1 Å². The van der Waals surface area contributed by atoms with E-state index in [2.05, 4.69) is 35.0 Å².